The molecule has 0 aromatic carbocycles. The largest absolute Gasteiger partial charge is 0.444 e. The summed E-state index contributed by atoms with van der Waals surface area (Å²) in [6.45, 7) is 12.7. The summed E-state index contributed by atoms with van der Waals surface area (Å²) in [7, 11) is 0. The Hall–Kier alpha value is -1.85. The monoisotopic (exact) mass is 312 g/mol. The number of ether oxygens (including phenoxy) is 1. The van der Waals surface area contributed by atoms with E-state index < -0.39 is 17.7 Å². The van der Waals surface area contributed by atoms with E-state index >= 15 is 0 Å². The molecule has 2 N–H and O–H groups in total. The van der Waals surface area contributed by atoms with Crippen LogP contribution in [0, 0.1) is 0 Å². The first-order chi connectivity index (χ1) is 10.1. The van der Waals surface area contributed by atoms with Gasteiger partial charge in [-0.1, -0.05) is 13.5 Å². The van der Waals surface area contributed by atoms with E-state index in [-0.39, 0.29) is 18.1 Å². The molecule has 0 radical (unpaired) electrons. The van der Waals surface area contributed by atoms with E-state index in [4.69, 9.17) is 4.74 Å². The highest BCUT2D eigenvalue weighted by Gasteiger charge is 2.22. The van der Waals surface area contributed by atoms with Crippen LogP contribution >= 0.6 is 0 Å². The van der Waals surface area contributed by atoms with Crippen LogP contribution in [0.2, 0.25) is 0 Å². The van der Waals surface area contributed by atoms with Crippen molar-refractivity contribution in [3.8, 4) is 0 Å². The molecule has 0 aliphatic heterocycles. The second-order valence-electron chi connectivity index (χ2n) is 6.21. The van der Waals surface area contributed by atoms with Crippen LogP contribution in [0.5, 0.6) is 0 Å². The van der Waals surface area contributed by atoms with Crippen molar-refractivity contribution in [1.29, 1.82) is 0 Å². The molecule has 0 heterocycles. The van der Waals surface area contributed by atoms with Crippen LogP contribution in [-0.4, -0.2) is 36.0 Å². The van der Waals surface area contributed by atoms with Crippen molar-refractivity contribution in [1.82, 2.24) is 10.6 Å². The molecule has 0 bridgehead atoms. The predicted octanol–water partition coefficient (Wildman–Crippen LogP) is 2.33. The number of carbonyl (C=O) groups excluding carboxylic acids is 3. The van der Waals surface area contributed by atoms with Crippen molar-refractivity contribution in [3.63, 3.8) is 0 Å². The Morgan fingerprint density at radius 2 is 1.82 bits per heavy atom. The molecular formula is C16H28N2O4. The summed E-state index contributed by atoms with van der Waals surface area (Å²) < 4.78 is 5.13. The number of carbonyl (C=O) groups is 3. The van der Waals surface area contributed by atoms with Crippen LogP contribution in [0.1, 0.15) is 53.9 Å². The second-order valence-corrected chi connectivity index (χ2v) is 6.21. The summed E-state index contributed by atoms with van der Waals surface area (Å²) in [5, 5.41) is 5.24. The number of amides is 2. The number of nitrogens with one attached hydrogen (secondary N) is 2. The summed E-state index contributed by atoms with van der Waals surface area (Å²) in [5.41, 5.74) is -0.164. The minimum absolute atomic E-state index is 0.0714. The molecule has 0 rings (SSSR count). The highest BCUT2D eigenvalue weighted by Crippen LogP contribution is 2.08. The van der Waals surface area contributed by atoms with Crippen molar-refractivity contribution >= 4 is 17.8 Å². The van der Waals surface area contributed by atoms with Gasteiger partial charge in [0.1, 0.15) is 5.60 Å². The lowest BCUT2D eigenvalue weighted by atomic mass is 10.1. The van der Waals surface area contributed by atoms with E-state index in [1.165, 1.54) is 0 Å². The molecule has 0 aromatic rings. The zero-order chi connectivity index (χ0) is 17.3. The molecule has 0 aromatic heterocycles. The van der Waals surface area contributed by atoms with Gasteiger partial charge in [0.05, 0.1) is 6.04 Å². The van der Waals surface area contributed by atoms with Gasteiger partial charge in [0.2, 0.25) is 5.91 Å². The first kappa shape index (κ1) is 20.1. The van der Waals surface area contributed by atoms with Gasteiger partial charge in [-0.25, -0.2) is 4.79 Å². The lowest BCUT2D eigenvalue weighted by Gasteiger charge is -2.22. The van der Waals surface area contributed by atoms with E-state index in [2.05, 4.69) is 17.2 Å². The van der Waals surface area contributed by atoms with Crippen LogP contribution in [0.3, 0.4) is 0 Å². The maximum Gasteiger partial charge on any atom is 0.408 e. The van der Waals surface area contributed by atoms with Crippen LogP contribution in [-0.2, 0) is 14.3 Å². The Labute approximate surface area is 132 Å². The van der Waals surface area contributed by atoms with Crippen LogP contribution in [0.4, 0.5) is 4.79 Å². The van der Waals surface area contributed by atoms with Gasteiger partial charge >= 0.3 is 6.09 Å². The number of hydrogen-bond acceptors (Lipinski definition) is 4. The van der Waals surface area contributed by atoms with Crippen molar-refractivity contribution in [2.75, 3.05) is 6.54 Å². The third-order valence-electron chi connectivity index (χ3n) is 2.76. The summed E-state index contributed by atoms with van der Waals surface area (Å²) in [4.78, 5) is 35.0. The molecule has 0 fully saturated rings. The van der Waals surface area contributed by atoms with Crippen molar-refractivity contribution in [3.05, 3.63) is 12.2 Å². The lowest BCUT2D eigenvalue weighted by molar-refractivity contribution is -0.121. The molecule has 6 nitrogen and oxygen atoms in total. The summed E-state index contributed by atoms with van der Waals surface area (Å²) in [5.74, 6) is -0.288. The Morgan fingerprint density at radius 1 is 1.23 bits per heavy atom. The lowest BCUT2D eigenvalue weighted by Crippen LogP contribution is -2.43. The Balaban J connectivity index is 4.18. The number of Topliss-reactive ketones (excluding diaryl/α,β-unsaturated/α-hetero) is 1. The highest BCUT2D eigenvalue weighted by molar-refractivity contribution is 5.92. The Kier molecular flexibility index (Phi) is 8.45. The fraction of sp³-hybridized carbons (Fsp3) is 0.688. The molecular weight excluding hydrogens is 284 g/mol. The molecule has 0 saturated heterocycles. The standard InChI is InChI=1S/C16H28N2O4/c1-7-12(18-15(21)22-16(4,5)6)13(19)9-8-10-17-14(20)11(2)3/h12H,2,7-10H2,1,3-6H3,(H,17,20)(H,18,21). The summed E-state index contributed by atoms with van der Waals surface area (Å²) in [6, 6.07) is -0.563. The van der Waals surface area contributed by atoms with E-state index in [0.717, 1.165) is 0 Å². The Morgan fingerprint density at radius 3 is 2.27 bits per heavy atom. The van der Waals surface area contributed by atoms with Gasteiger partial charge in [-0.2, -0.15) is 0 Å². The first-order valence-corrected chi connectivity index (χ1v) is 7.52. The summed E-state index contributed by atoms with van der Waals surface area (Å²) >= 11 is 0. The van der Waals surface area contributed by atoms with E-state index in [1.807, 2.05) is 6.92 Å². The molecule has 0 spiro atoms. The zero-order valence-corrected chi connectivity index (χ0v) is 14.2. The number of alkyl carbamates (subject to hydrolysis) is 1. The normalized spacial score (nSPS) is 12.2. The summed E-state index contributed by atoms with van der Waals surface area (Å²) in [6.07, 6.45) is 0.703. The van der Waals surface area contributed by atoms with Crippen molar-refractivity contribution < 1.29 is 19.1 Å². The number of hydrogen-bond donors (Lipinski definition) is 2. The third kappa shape index (κ3) is 9.15. The maximum atomic E-state index is 12.1. The molecule has 0 aliphatic rings. The third-order valence-corrected chi connectivity index (χ3v) is 2.76. The fourth-order valence-electron chi connectivity index (χ4n) is 1.65. The number of ketones is 1. The molecule has 0 aliphatic carbocycles. The minimum Gasteiger partial charge on any atom is -0.444 e. The topological polar surface area (TPSA) is 84.5 Å². The van der Waals surface area contributed by atoms with Gasteiger partial charge < -0.3 is 15.4 Å². The van der Waals surface area contributed by atoms with E-state index in [0.29, 0.717) is 25.0 Å². The molecule has 0 saturated carbocycles. The molecule has 126 valence electrons. The van der Waals surface area contributed by atoms with Crippen LogP contribution in [0.15, 0.2) is 12.2 Å². The van der Waals surface area contributed by atoms with Gasteiger partial charge in [0, 0.05) is 18.5 Å². The van der Waals surface area contributed by atoms with Gasteiger partial charge in [0.25, 0.3) is 0 Å². The second kappa shape index (κ2) is 9.23. The van der Waals surface area contributed by atoms with Crippen molar-refractivity contribution in [2.24, 2.45) is 0 Å². The highest BCUT2D eigenvalue weighted by atomic mass is 16.6. The molecule has 22 heavy (non-hydrogen) atoms. The minimum atomic E-state index is -0.599. The molecule has 6 heteroatoms. The van der Waals surface area contributed by atoms with Crippen LogP contribution in [0.25, 0.3) is 0 Å². The maximum absolute atomic E-state index is 12.1. The average molecular weight is 312 g/mol. The van der Waals surface area contributed by atoms with Gasteiger partial charge in [-0.05, 0) is 40.5 Å². The zero-order valence-electron chi connectivity index (χ0n) is 14.2. The predicted molar refractivity (Wildman–Crippen MR) is 85.5 cm³/mol. The van der Waals surface area contributed by atoms with E-state index in [1.54, 1.807) is 27.7 Å². The SMILES string of the molecule is C=C(C)C(=O)NCCCC(=O)C(CC)NC(=O)OC(C)(C)C. The van der Waals surface area contributed by atoms with Crippen molar-refractivity contribution in [2.45, 2.75) is 65.5 Å². The smallest absolute Gasteiger partial charge is 0.408 e. The van der Waals surface area contributed by atoms with Crippen LogP contribution < -0.4 is 10.6 Å². The van der Waals surface area contributed by atoms with Gasteiger partial charge in [-0.3, -0.25) is 9.59 Å². The average Bonchev–Trinajstić information content (AvgIpc) is 2.38. The Bertz CT molecular complexity index is 424. The fourth-order valence-corrected chi connectivity index (χ4v) is 1.65. The first-order valence-electron chi connectivity index (χ1n) is 7.52. The number of rotatable bonds is 8. The quantitative estimate of drug-likeness (QED) is 0.532. The van der Waals surface area contributed by atoms with Gasteiger partial charge in [0.15, 0.2) is 5.78 Å². The van der Waals surface area contributed by atoms with Gasteiger partial charge in [-0.15, -0.1) is 0 Å². The molecule has 2 amide bonds. The molecule has 1 atom stereocenters. The molecule has 1 unspecified atom stereocenters. The van der Waals surface area contributed by atoms with E-state index in [9.17, 15) is 14.4 Å².